The summed E-state index contributed by atoms with van der Waals surface area (Å²) in [4.78, 5) is 11.1. The van der Waals surface area contributed by atoms with Gasteiger partial charge in [-0.3, -0.25) is 4.79 Å². The number of aromatic nitrogens is 3. The minimum absolute atomic E-state index is 0.0136. The highest BCUT2D eigenvalue weighted by molar-refractivity contribution is 7.99. The number of Topliss-reactive ketones (excluding diaryl/α,β-unsaturated/α-hetero) is 1. The first-order chi connectivity index (χ1) is 7.22. The van der Waals surface area contributed by atoms with Crippen LogP contribution in [0.3, 0.4) is 0 Å². The van der Waals surface area contributed by atoms with Crippen LogP contribution >= 0.6 is 11.8 Å². The van der Waals surface area contributed by atoms with Crippen molar-refractivity contribution in [2.24, 2.45) is 0 Å². The van der Waals surface area contributed by atoms with E-state index in [0.29, 0.717) is 17.0 Å². The van der Waals surface area contributed by atoms with Gasteiger partial charge in [-0.15, -0.1) is 5.10 Å². The van der Waals surface area contributed by atoms with Crippen LogP contribution in [0.25, 0.3) is 0 Å². The van der Waals surface area contributed by atoms with Crippen LogP contribution in [0.1, 0.15) is 43.2 Å². The topological polar surface area (TPSA) is 47.8 Å². The number of carbonyl (C=O) groups is 1. The van der Waals surface area contributed by atoms with Crippen LogP contribution in [0.5, 0.6) is 0 Å². The van der Waals surface area contributed by atoms with Gasteiger partial charge in [-0.2, -0.15) is 11.8 Å². The average molecular weight is 225 g/mol. The Balaban J connectivity index is 2.06. The minimum Gasteiger partial charge on any atom is -0.293 e. The quantitative estimate of drug-likeness (QED) is 0.735. The number of thioether (sulfide) groups is 1. The molecule has 4 nitrogen and oxygen atoms in total. The fourth-order valence-corrected chi connectivity index (χ4v) is 2.98. The molecule has 1 aromatic rings. The maximum absolute atomic E-state index is 11.1. The molecule has 82 valence electrons. The summed E-state index contributed by atoms with van der Waals surface area (Å²) in [5.74, 6) is 1.12. The second-order valence-corrected chi connectivity index (χ2v) is 5.29. The Hall–Kier alpha value is -0.840. The number of rotatable bonds is 4. The van der Waals surface area contributed by atoms with E-state index in [2.05, 4.69) is 17.2 Å². The summed E-state index contributed by atoms with van der Waals surface area (Å²) in [5.41, 5.74) is 0.474. The highest BCUT2D eigenvalue weighted by Crippen LogP contribution is 2.40. The van der Waals surface area contributed by atoms with Gasteiger partial charge in [0.05, 0.1) is 12.2 Å². The van der Waals surface area contributed by atoms with Crippen LogP contribution in [-0.4, -0.2) is 31.8 Å². The van der Waals surface area contributed by atoms with Gasteiger partial charge in [0.15, 0.2) is 5.78 Å². The number of nitrogens with zero attached hydrogens (tertiary/aromatic N) is 3. The monoisotopic (exact) mass is 225 g/mol. The zero-order valence-corrected chi connectivity index (χ0v) is 9.83. The first-order valence-electron chi connectivity index (χ1n) is 5.26. The van der Waals surface area contributed by atoms with Crippen molar-refractivity contribution in [2.45, 2.75) is 38.0 Å². The van der Waals surface area contributed by atoms with Crippen LogP contribution < -0.4 is 0 Å². The lowest BCUT2D eigenvalue weighted by atomic mass is 9.92. The predicted octanol–water partition coefficient (Wildman–Crippen LogP) is 1.94. The molecule has 0 bridgehead atoms. The standard InChI is InChI=1S/C10H15N3OS/c1-3-15-10-5-4-9(10)13-6-8(7(2)14)11-12-13/h6,9-10H,3-5H2,1-2H3. The van der Waals surface area contributed by atoms with Crippen LogP contribution in [-0.2, 0) is 0 Å². The highest BCUT2D eigenvalue weighted by atomic mass is 32.2. The fraction of sp³-hybridized carbons (Fsp3) is 0.700. The van der Waals surface area contributed by atoms with Crippen molar-refractivity contribution in [1.29, 1.82) is 0 Å². The predicted molar refractivity (Wildman–Crippen MR) is 60.2 cm³/mol. The summed E-state index contributed by atoms with van der Waals surface area (Å²) in [7, 11) is 0. The molecule has 1 aliphatic carbocycles. The van der Waals surface area contributed by atoms with Gasteiger partial charge in [0.1, 0.15) is 5.69 Å². The summed E-state index contributed by atoms with van der Waals surface area (Å²) in [6, 6.07) is 0.440. The van der Waals surface area contributed by atoms with Crippen molar-refractivity contribution in [3.63, 3.8) is 0 Å². The van der Waals surface area contributed by atoms with E-state index >= 15 is 0 Å². The third kappa shape index (κ3) is 2.07. The van der Waals surface area contributed by atoms with Gasteiger partial charge >= 0.3 is 0 Å². The maximum Gasteiger partial charge on any atom is 0.181 e. The number of carbonyl (C=O) groups excluding carboxylic acids is 1. The zero-order chi connectivity index (χ0) is 10.8. The summed E-state index contributed by atoms with van der Waals surface area (Å²) in [6.45, 7) is 3.69. The molecule has 1 saturated carbocycles. The Morgan fingerprint density at radius 2 is 2.47 bits per heavy atom. The summed E-state index contributed by atoms with van der Waals surface area (Å²) < 4.78 is 1.85. The van der Waals surface area contributed by atoms with E-state index < -0.39 is 0 Å². The van der Waals surface area contributed by atoms with E-state index in [4.69, 9.17) is 0 Å². The third-order valence-corrected chi connectivity index (χ3v) is 4.08. The molecule has 2 rings (SSSR count). The molecule has 0 spiro atoms. The van der Waals surface area contributed by atoms with E-state index in [9.17, 15) is 4.79 Å². The van der Waals surface area contributed by atoms with Crippen LogP contribution in [0, 0.1) is 0 Å². The molecule has 5 heteroatoms. The zero-order valence-electron chi connectivity index (χ0n) is 9.01. The second kappa shape index (κ2) is 4.35. The van der Waals surface area contributed by atoms with Crippen molar-refractivity contribution in [3.05, 3.63) is 11.9 Å². The van der Waals surface area contributed by atoms with Gasteiger partial charge in [-0.05, 0) is 18.6 Å². The Kier molecular flexibility index (Phi) is 3.09. The van der Waals surface area contributed by atoms with Crippen molar-refractivity contribution in [1.82, 2.24) is 15.0 Å². The lowest BCUT2D eigenvalue weighted by Gasteiger charge is -2.35. The summed E-state index contributed by atoms with van der Waals surface area (Å²) in [6.07, 6.45) is 4.17. The van der Waals surface area contributed by atoms with Gasteiger partial charge in [0.2, 0.25) is 0 Å². The molecule has 1 aliphatic rings. The second-order valence-electron chi connectivity index (χ2n) is 3.78. The molecule has 0 aliphatic heterocycles. The van der Waals surface area contributed by atoms with Crippen molar-refractivity contribution in [2.75, 3.05) is 5.75 Å². The van der Waals surface area contributed by atoms with Gasteiger partial charge in [-0.1, -0.05) is 12.1 Å². The Morgan fingerprint density at radius 3 is 2.93 bits per heavy atom. The molecule has 1 fully saturated rings. The molecule has 0 N–H and O–H groups in total. The number of ketones is 1. The molecular weight excluding hydrogens is 210 g/mol. The molecule has 0 amide bonds. The molecule has 0 radical (unpaired) electrons. The first kappa shape index (κ1) is 10.7. The molecular formula is C10H15N3OS. The first-order valence-corrected chi connectivity index (χ1v) is 6.31. The molecule has 1 aromatic heterocycles. The van der Waals surface area contributed by atoms with E-state index in [1.165, 1.54) is 13.3 Å². The van der Waals surface area contributed by atoms with Gasteiger partial charge < -0.3 is 0 Å². The molecule has 15 heavy (non-hydrogen) atoms. The van der Waals surface area contributed by atoms with E-state index in [0.717, 1.165) is 12.2 Å². The molecule has 1 heterocycles. The van der Waals surface area contributed by atoms with Crippen LogP contribution in [0.15, 0.2) is 6.20 Å². The summed E-state index contributed by atoms with van der Waals surface area (Å²) >= 11 is 1.97. The Labute approximate surface area is 93.4 Å². The van der Waals surface area contributed by atoms with Gasteiger partial charge in [-0.25, -0.2) is 4.68 Å². The molecule has 2 atom stereocenters. The SMILES string of the molecule is CCSC1CCC1n1cc(C(C)=O)nn1. The normalized spacial score (nSPS) is 24.9. The maximum atomic E-state index is 11.1. The van der Waals surface area contributed by atoms with Crippen molar-refractivity contribution >= 4 is 17.5 Å². The van der Waals surface area contributed by atoms with Gasteiger partial charge in [0, 0.05) is 12.2 Å². The minimum atomic E-state index is -0.0136. The van der Waals surface area contributed by atoms with Crippen molar-refractivity contribution in [3.8, 4) is 0 Å². The number of hydrogen-bond donors (Lipinski definition) is 0. The van der Waals surface area contributed by atoms with E-state index in [1.54, 1.807) is 6.20 Å². The third-order valence-electron chi connectivity index (χ3n) is 2.77. The Morgan fingerprint density at radius 1 is 1.67 bits per heavy atom. The molecule has 2 unspecified atom stereocenters. The fourth-order valence-electron chi connectivity index (χ4n) is 1.76. The summed E-state index contributed by atoms with van der Waals surface area (Å²) in [5, 5.41) is 8.54. The van der Waals surface area contributed by atoms with Gasteiger partial charge in [0.25, 0.3) is 0 Å². The molecule has 0 saturated heterocycles. The average Bonchev–Trinajstić information content (AvgIpc) is 2.61. The molecule has 0 aromatic carbocycles. The van der Waals surface area contributed by atoms with Crippen molar-refractivity contribution < 1.29 is 4.79 Å². The van der Waals surface area contributed by atoms with Crippen LogP contribution in [0.2, 0.25) is 0 Å². The Bertz CT molecular complexity index is 363. The smallest absolute Gasteiger partial charge is 0.181 e. The lowest BCUT2D eigenvalue weighted by Crippen LogP contribution is -2.32. The largest absolute Gasteiger partial charge is 0.293 e. The van der Waals surface area contributed by atoms with E-state index in [-0.39, 0.29) is 5.78 Å². The van der Waals surface area contributed by atoms with Crippen LogP contribution in [0.4, 0.5) is 0 Å². The number of hydrogen-bond acceptors (Lipinski definition) is 4. The lowest BCUT2D eigenvalue weighted by molar-refractivity contribution is 0.101. The highest BCUT2D eigenvalue weighted by Gasteiger charge is 2.33. The van der Waals surface area contributed by atoms with E-state index in [1.807, 2.05) is 16.4 Å².